The zero-order chi connectivity index (χ0) is 25.3. The second kappa shape index (κ2) is 9.52. The smallest absolute Gasteiger partial charge is 0.300 e. The number of methoxy groups -OCH3 is 1. The molecule has 1 unspecified atom stereocenters. The topological polar surface area (TPSA) is 116 Å². The summed E-state index contributed by atoms with van der Waals surface area (Å²) in [6.07, 6.45) is 0. The summed E-state index contributed by atoms with van der Waals surface area (Å²) in [5.41, 5.74) is 1.50. The van der Waals surface area contributed by atoms with Crippen molar-refractivity contribution in [2.24, 2.45) is 0 Å². The van der Waals surface area contributed by atoms with Crippen molar-refractivity contribution in [3.05, 3.63) is 88.5 Å². The number of anilines is 2. The largest absolute Gasteiger partial charge is 0.507 e. The van der Waals surface area contributed by atoms with Gasteiger partial charge in [-0.3, -0.25) is 19.3 Å². The number of aliphatic hydroxyl groups excluding tert-OH is 1. The highest BCUT2D eigenvalue weighted by molar-refractivity contribution is 6.51. The molecular weight excluding hydrogens is 472 g/mol. The first-order valence-corrected chi connectivity index (χ1v) is 10.9. The Bertz CT molecular complexity index is 1350. The maximum atomic E-state index is 13.2. The van der Waals surface area contributed by atoms with Crippen LogP contribution < -0.4 is 15.0 Å². The van der Waals surface area contributed by atoms with Gasteiger partial charge in [0.1, 0.15) is 5.76 Å². The first-order valence-electron chi connectivity index (χ1n) is 10.5. The Morgan fingerprint density at radius 3 is 2.29 bits per heavy atom. The SMILES string of the molecule is COc1cc(C2C(=C(O)c3ccc(Cl)cc3)C(=O)C(=O)N2c2ccc(NC(C)=O)cc2)ccc1O. The zero-order valence-corrected chi connectivity index (χ0v) is 19.5. The van der Waals surface area contributed by atoms with Gasteiger partial charge in [0.05, 0.1) is 18.7 Å². The first-order chi connectivity index (χ1) is 16.7. The molecule has 3 aromatic rings. The number of nitrogens with zero attached hydrogens (tertiary/aromatic N) is 1. The standard InChI is InChI=1S/C26H21ClN2O6/c1-14(30)28-18-8-10-19(11-9-18)29-23(16-5-12-20(31)21(13-16)35-2)22(25(33)26(29)34)24(32)15-3-6-17(27)7-4-15/h3-13,23,31-32H,1-2H3,(H,28,30). The van der Waals surface area contributed by atoms with E-state index in [-0.39, 0.29) is 28.7 Å². The fourth-order valence-electron chi connectivity index (χ4n) is 3.95. The Balaban J connectivity index is 1.90. The molecule has 178 valence electrons. The number of hydrogen-bond donors (Lipinski definition) is 3. The predicted octanol–water partition coefficient (Wildman–Crippen LogP) is 4.64. The molecule has 0 bridgehead atoms. The van der Waals surface area contributed by atoms with Gasteiger partial charge in [0.15, 0.2) is 11.5 Å². The minimum Gasteiger partial charge on any atom is -0.507 e. The fourth-order valence-corrected chi connectivity index (χ4v) is 4.08. The summed E-state index contributed by atoms with van der Waals surface area (Å²) < 4.78 is 5.21. The minimum absolute atomic E-state index is 0.120. The number of carbonyl (C=O) groups is 3. The summed E-state index contributed by atoms with van der Waals surface area (Å²) in [4.78, 5) is 39.1. The average molecular weight is 493 g/mol. The number of hydrogen-bond acceptors (Lipinski definition) is 6. The normalized spacial score (nSPS) is 16.9. The van der Waals surface area contributed by atoms with Gasteiger partial charge in [0, 0.05) is 28.9 Å². The van der Waals surface area contributed by atoms with E-state index in [9.17, 15) is 24.6 Å². The van der Waals surface area contributed by atoms with E-state index in [0.717, 1.165) is 0 Å². The predicted molar refractivity (Wildman–Crippen MR) is 132 cm³/mol. The van der Waals surface area contributed by atoms with Crippen LogP contribution in [-0.2, 0) is 14.4 Å². The van der Waals surface area contributed by atoms with E-state index in [1.807, 2.05) is 0 Å². The van der Waals surface area contributed by atoms with Crippen LogP contribution in [-0.4, -0.2) is 34.9 Å². The fraction of sp³-hybridized carbons (Fsp3) is 0.115. The summed E-state index contributed by atoms with van der Waals surface area (Å²) in [6.45, 7) is 1.38. The van der Waals surface area contributed by atoms with Crippen LogP contribution in [0.25, 0.3) is 5.76 Å². The first kappa shape index (κ1) is 23.8. The molecule has 35 heavy (non-hydrogen) atoms. The third-order valence-electron chi connectivity index (χ3n) is 5.55. The van der Waals surface area contributed by atoms with Crippen molar-refractivity contribution in [1.82, 2.24) is 0 Å². The summed E-state index contributed by atoms with van der Waals surface area (Å²) in [7, 11) is 1.38. The molecule has 1 heterocycles. The molecule has 0 spiro atoms. The van der Waals surface area contributed by atoms with Crippen LogP contribution >= 0.6 is 11.6 Å². The summed E-state index contributed by atoms with van der Waals surface area (Å²) >= 11 is 5.96. The molecule has 1 atom stereocenters. The quantitative estimate of drug-likeness (QED) is 0.271. The zero-order valence-electron chi connectivity index (χ0n) is 18.8. The molecule has 0 aromatic heterocycles. The lowest BCUT2D eigenvalue weighted by molar-refractivity contribution is -0.132. The number of halogens is 1. The van der Waals surface area contributed by atoms with Crippen molar-refractivity contribution in [3.63, 3.8) is 0 Å². The lowest BCUT2D eigenvalue weighted by atomic mass is 9.94. The van der Waals surface area contributed by atoms with Crippen molar-refractivity contribution < 1.29 is 29.3 Å². The van der Waals surface area contributed by atoms with E-state index >= 15 is 0 Å². The van der Waals surface area contributed by atoms with E-state index in [2.05, 4.69) is 5.32 Å². The number of phenolic OH excluding ortho intramolecular Hbond substituents is 1. The number of aliphatic hydroxyl groups is 1. The number of amides is 2. The summed E-state index contributed by atoms with van der Waals surface area (Å²) in [5.74, 6) is -2.32. The van der Waals surface area contributed by atoms with E-state index in [1.54, 1.807) is 54.6 Å². The van der Waals surface area contributed by atoms with Crippen LogP contribution in [0.3, 0.4) is 0 Å². The van der Waals surface area contributed by atoms with Gasteiger partial charge >= 0.3 is 0 Å². The number of aromatic hydroxyl groups is 1. The van der Waals surface area contributed by atoms with Gasteiger partial charge in [-0.25, -0.2) is 0 Å². The third-order valence-corrected chi connectivity index (χ3v) is 5.80. The Morgan fingerprint density at radius 2 is 1.69 bits per heavy atom. The maximum absolute atomic E-state index is 13.2. The number of carbonyl (C=O) groups excluding carboxylic acids is 3. The monoisotopic (exact) mass is 492 g/mol. The molecule has 2 amide bonds. The molecule has 0 saturated carbocycles. The number of benzene rings is 3. The van der Waals surface area contributed by atoms with E-state index < -0.39 is 17.7 Å². The van der Waals surface area contributed by atoms with Crippen LogP contribution in [0.2, 0.25) is 5.02 Å². The van der Waals surface area contributed by atoms with Gasteiger partial charge in [0.25, 0.3) is 11.7 Å². The number of rotatable bonds is 5. The van der Waals surface area contributed by atoms with Gasteiger partial charge in [-0.1, -0.05) is 17.7 Å². The number of Topliss-reactive ketones (excluding diaryl/α,β-unsaturated/α-hetero) is 1. The molecule has 3 N–H and O–H groups in total. The van der Waals surface area contributed by atoms with Crippen molar-refractivity contribution in [3.8, 4) is 11.5 Å². The molecular formula is C26H21ClN2O6. The lowest BCUT2D eigenvalue weighted by Gasteiger charge is -2.26. The van der Waals surface area contributed by atoms with Crippen LogP contribution in [0.1, 0.15) is 24.1 Å². The molecule has 0 aliphatic carbocycles. The van der Waals surface area contributed by atoms with E-state index in [1.165, 1.54) is 31.1 Å². The van der Waals surface area contributed by atoms with Crippen molar-refractivity contribution >= 4 is 46.3 Å². The molecule has 0 radical (unpaired) electrons. The highest BCUT2D eigenvalue weighted by Gasteiger charge is 2.47. The van der Waals surface area contributed by atoms with Gasteiger partial charge in [-0.15, -0.1) is 0 Å². The second-order valence-corrected chi connectivity index (χ2v) is 8.27. The Hall–Kier alpha value is -4.30. The van der Waals surface area contributed by atoms with Gasteiger partial charge < -0.3 is 20.3 Å². The summed E-state index contributed by atoms with van der Waals surface area (Å²) in [5, 5.41) is 24.3. The molecule has 1 fully saturated rings. The van der Waals surface area contributed by atoms with Crippen molar-refractivity contribution in [2.75, 3.05) is 17.3 Å². The number of nitrogens with one attached hydrogen (secondary N) is 1. The van der Waals surface area contributed by atoms with Gasteiger partial charge in [0.2, 0.25) is 5.91 Å². The lowest BCUT2D eigenvalue weighted by Crippen LogP contribution is -2.29. The Labute approximate surface area is 206 Å². The van der Waals surface area contributed by atoms with Gasteiger partial charge in [-0.2, -0.15) is 0 Å². The molecule has 9 heteroatoms. The second-order valence-electron chi connectivity index (χ2n) is 7.84. The molecule has 8 nitrogen and oxygen atoms in total. The Morgan fingerprint density at radius 1 is 1.03 bits per heavy atom. The maximum Gasteiger partial charge on any atom is 0.300 e. The molecule has 1 aliphatic rings. The number of ether oxygens (including phenoxy) is 1. The molecule has 3 aromatic carbocycles. The minimum atomic E-state index is -1.02. The highest BCUT2D eigenvalue weighted by Crippen LogP contribution is 2.44. The average Bonchev–Trinajstić information content (AvgIpc) is 3.10. The Kier molecular flexibility index (Phi) is 6.48. The van der Waals surface area contributed by atoms with E-state index in [4.69, 9.17) is 16.3 Å². The van der Waals surface area contributed by atoms with Crippen LogP contribution in [0.5, 0.6) is 11.5 Å². The molecule has 1 saturated heterocycles. The molecule has 1 aliphatic heterocycles. The van der Waals surface area contributed by atoms with Crippen LogP contribution in [0.4, 0.5) is 11.4 Å². The van der Waals surface area contributed by atoms with Crippen molar-refractivity contribution in [1.29, 1.82) is 0 Å². The van der Waals surface area contributed by atoms with Crippen LogP contribution in [0.15, 0.2) is 72.3 Å². The van der Waals surface area contributed by atoms with Gasteiger partial charge in [-0.05, 0) is 66.2 Å². The highest BCUT2D eigenvalue weighted by atomic mass is 35.5. The third kappa shape index (κ3) is 4.56. The van der Waals surface area contributed by atoms with E-state index in [0.29, 0.717) is 27.5 Å². The summed E-state index contributed by atoms with van der Waals surface area (Å²) in [6, 6.07) is 16.0. The number of ketones is 1. The van der Waals surface area contributed by atoms with Crippen LogP contribution in [0, 0.1) is 0 Å². The van der Waals surface area contributed by atoms with Crippen molar-refractivity contribution in [2.45, 2.75) is 13.0 Å². The molecule has 4 rings (SSSR count). The number of phenols is 1.